The maximum atomic E-state index is 14.5. The van der Waals surface area contributed by atoms with E-state index in [1.54, 1.807) is 24.3 Å². The van der Waals surface area contributed by atoms with E-state index >= 15 is 0 Å². The van der Waals surface area contributed by atoms with Gasteiger partial charge in [-0.2, -0.15) is 8.96 Å². The lowest BCUT2D eigenvalue weighted by atomic mass is 10.3. The number of carbonyl (C=O) groups excluding carboxylic acids is 1. The number of hydrogen-bond acceptors (Lipinski definition) is 5. The molecule has 1 aromatic heterocycles. The van der Waals surface area contributed by atoms with Gasteiger partial charge in [0.25, 0.3) is 10.0 Å². The van der Waals surface area contributed by atoms with Crippen molar-refractivity contribution in [3.8, 4) is 5.75 Å². The number of rotatable bonds is 3. The molecule has 3 aromatic rings. The highest BCUT2D eigenvalue weighted by Gasteiger charge is 2.21. The molecular weight excluding hydrogens is 389 g/mol. The minimum Gasteiger partial charge on any atom is -0.409 e. The van der Waals surface area contributed by atoms with E-state index in [4.69, 9.17) is 4.74 Å². The second kappa shape index (κ2) is 7.61. The molecule has 2 aromatic carbocycles. The summed E-state index contributed by atoms with van der Waals surface area (Å²) in [5.74, 6) is -1.01. The van der Waals surface area contributed by atoms with Crippen molar-refractivity contribution in [2.24, 2.45) is 12.0 Å². The van der Waals surface area contributed by atoms with E-state index in [0.29, 0.717) is 10.8 Å². The first-order valence-corrected chi connectivity index (χ1v) is 9.35. The number of aromatic nitrogens is 2. The van der Waals surface area contributed by atoms with Crippen molar-refractivity contribution in [1.82, 2.24) is 8.54 Å². The highest BCUT2D eigenvalue weighted by molar-refractivity contribution is 7.90. The van der Waals surface area contributed by atoms with Gasteiger partial charge in [-0.05, 0) is 24.3 Å². The Morgan fingerprint density at radius 1 is 1.04 bits per heavy atom. The number of benzene rings is 2. The van der Waals surface area contributed by atoms with Crippen LogP contribution in [0.4, 0.5) is 9.18 Å². The molecule has 0 saturated carbocycles. The number of amides is 1. The molecule has 0 aliphatic carbocycles. The fraction of sp³-hybridized carbons (Fsp3) is 0.0556. The van der Waals surface area contributed by atoms with Crippen LogP contribution in [0.25, 0.3) is 0 Å². The normalized spacial score (nSPS) is 12.0. The Bertz CT molecular complexity index is 1250. The van der Waals surface area contributed by atoms with Crippen LogP contribution in [0.2, 0.25) is 0 Å². The third-order valence-electron chi connectivity index (χ3n) is 3.68. The third kappa shape index (κ3) is 3.76. The summed E-state index contributed by atoms with van der Waals surface area (Å²) in [6.45, 7) is 0. The van der Waals surface area contributed by atoms with Crippen LogP contribution in [0.1, 0.15) is 0 Å². The van der Waals surface area contributed by atoms with Crippen LogP contribution in [0, 0.1) is 5.82 Å². The lowest BCUT2D eigenvalue weighted by Crippen LogP contribution is -2.42. The fourth-order valence-corrected chi connectivity index (χ4v) is 3.61. The molecule has 0 aliphatic rings. The number of carbonyl (C=O) groups is 1. The van der Waals surface area contributed by atoms with E-state index in [-0.39, 0.29) is 14.6 Å². The van der Waals surface area contributed by atoms with Gasteiger partial charge >= 0.3 is 11.8 Å². The van der Waals surface area contributed by atoms with Gasteiger partial charge in [0.2, 0.25) is 0 Å². The van der Waals surface area contributed by atoms with E-state index in [2.05, 4.69) is 4.99 Å². The quantitative estimate of drug-likeness (QED) is 0.662. The molecular formula is C18H14FN3O5S. The Kier molecular flexibility index (Phi) is 5.23. The van der Waals surface area contributed by atoms with Crippen LogP contribution >= 0.6 is 0 Å². The summed E-state index contributed by atoms with van der Waals surface area (Å²) in [4.78, 5) is 27.6. The van der Waals surface area contributed by atoms with Crippen molar-refractivity contribution < 1.29 is 22.3 Å². The molecule has 3 rings (SSSR count). The lowest BCUT2D eigenvalue weighted by Gasteiger charge is -2.10. The summed E-state index contributed by atoms with van der Waals surface area (Å²) >= 11 is 0. The molecule has 0 N–H and O–H groups in total. The average Bonchev–Trinajstić information content (AvgIpc) is 2.69. The second-order valence-electron chi connectivity index (χ2n) is 5.55. The Morgan fingerprint density at radius 3 is 2.21 bits per heavy atom. The maximum Gasteiger partial charge on any atom is 0.441 e. The lowest BCUT2D eigenvalue weighted by molar-refractivity contribution is 0.209. The molecule has 28 heavy (non-hydrogen) atoms. The van der Waals surface area contributed by atoms with Crippen molar-refractivity contribution in [3.05, 3.63) is 88.6 Å². The van der Waals surface area contributed by atoms with Crippen LogP contribution in [0.15, 0.2) is 81.5 Å². The Hall–Kier alpha value is -3.53. The van der Waals surface area contributed by atoms with Crippen molar-refractivity contribution in [3.63, 3.8) is 0 Å². The Balaban J connectivity index is 2.06. The summed E-state index contributed by atoms with van der Waals surface area (Å²) < 4.78 is 45.5. The zero-order chi connectivity index (χ0) is 20.3. The van der Waals surface area contributed by atoms with E-state index in [0.717, 1.165) is 7.05 Å². The van der Waals surface area contributed by atoms with Crippen LogP contribution < -0.4 is 15.9 Å². The molecule has 0 bridgehead atoms. The van der Waals surface area contributed by atoms with Crippen LogP contribution in [0.3, 0.4) is 0 Å². The average molecular weight is 403 g/mol. The predicted octanol–water partition coefficient (Wildman–Crippen LogP) is 1.66. The topological polar surface area (TPSA) is 99.7 Å². The van der Waals surface area contributed by atoms with Gasteiger partial charge < -0.3 is 4.74 Å². The Labute approximate surface area is 158 Å². The van der Waals surface area contributed by atoms with Crippen molar-refractivity contribution in [2.45, 2.75) is 4.90 Å². The molecule has 0 spiro atoms. The first-order valence-electron chi connectivity index (χ1n) is 7.91. The SMILES string of the molecule is Cn1c(=O)n(S(=O)(=O)c2ccccc2)cc(F)/c1=N\C(=O)Oc1ccccc1. The summed E-state index contributed by atoms with van der Waals surface area (Å²) in [7, 11) is -3.23. The molecule has 0 unspecified atom stereocenters. The number of ether oxygens (including phenoxy) is 1. The third-order valence-corrected chi connectivity index (χ3v) is 5.33. The molecule has 0 radical (unpaired) electrons. The van der Waals surface area contributed by atoms with Crippen molar-refractivity contribution in [2.75, 3.05) is 0 Å². The van der Waals surface area contributed by atoms with Crippen molar-refractivity contribution >= 4 is 16.1 Å². The molecule has 0 saturated heterocycles. The fourth-order valence-electron chi connectivity index (χ4n) is 2.32. The van der Waals surface area contributed by atoms with E-state index in [1.165, 1.54) is 36.4 Å². The number of nitrogens with zero attached hydrogens (tertiary/aromatic N) is 3. The predicted molar refractivity (Wildman–Crippen MR) is 96.7 cm³/mol. The van der Waals surface area contributed by atoms with Gasteiger partial charge in [0, 0.05) is 7.05 Å². The smallest absolute Gasteiger partial charge is 0.409 e. The first kappa shape index (κ1) is 19.2. The van der Waals surface area contributed by atoms with Gasteiger partial charge in [-0.1, -0.05) is 36.4 Å². The number of hydrogen-bond donors (Lipinski definition) is 0. The maximum absolute atomic E-state index is 14.5. The van der Waals surface area contributed by atoms with Gasteiger partial charge in [-0.15, -0.1) is 0 Å². The number of para-hydroxylation sites is 1. The molecule has 0 atom stereocenters. The summed E-state index contributed by atoms with van der Waals surface area (Å²) in [5, 5.41) is 0. The first-order chi connectivity index (χ1) is 13.3. The van der Waals surface area contributed by atoms with Crippen molar-refractivity contribution in [1.29, 1.82) is 0 Å². The summed E-state index contributed by atoms with van der Waals surface area (Å²) in [6.07, 6.45) is -0.692. The molecule has 0 aliphatic heterocycles. The van der Waals surface area contributed by atoms with Gasteiger partial charge in [0.15, 0.2) is 11.3 Å². The monoisotopic (exact) mass is 403 g/mol. The molecule has 0 fully saturated rings. The number of halogens is 1. The summed E-state index contributed by atoms with van der Waals surface area (Å²) in [5.41, 5.74) is -1.76. The molecule has 1 heterocycles. The second-order valence-corrected chi connectivity index (χ2v) is 7.36. The van der Waals surface area contributed by atoms with Crippen LogP contribution in [0.5, 0.6) is 5.75 Å². The highest BCUT2D eigenvalue weighted by Crippen LogP contribution is 2.11. The minimum atomic E-state index is -4.32. The van der Waals surface area contributed by atoms with Crippen LogP contribution in [-0.4, -0.2) is 23.1 Å². The standard InChI is InChI=1S/C18H14FN3O5S/c1-21-16(20-17(23)27-13-8-4-2-5-9-13)15(19)12-22(18(21)24)28(25,26)14-10-6-3-7-11-14/h2-12H,1H3/b20-16+. The van der Waals surface area contributed by atoms with Gasteiger partial charge in [0.1, 0.15) is 5.75 Å². The van der Waals surface area contributed by atoms with Gasteiger partial charge in [-0.3, -0.25) is 4.57 Å². The Morgan fingerprint density at radius 2 is 1.61 bits per heavy atom. The van der Waals surface area contributed by atoms with E-state index < -0.39 is 33.1 Å². The summed E-state index contributed by atoms with van der Waals surface area (Å²) in [6, 6.07) is 15.0. The molecule has 8 nitrogen and oxygen atoms in total. The zero-order valence-corrected chi connectivity index (χ0v) is 15.3. The molecule has 10 heteroatoms. The zero-order valence-electron chi connectivity index (χ0n) is 14.5. The van der Waals surface area contributed by atoms with E-state index in [1.807, 2.05) is 0 Å². The van der Waals surface area contributed by atoms with Gasteiger partial charge in [0.05, 0.1) is 11.1 Å². The largest absolute Gasteiger partial charge is 0.441 e. The molecule has 1 amide bonds. The molecule has 144 valence electrons. The minimum absolute atomic E-state index is 0.180. The van der Waals surface area contributed by atoms with E-state index in [9.17, 15) is 22.4 Å². The van der Waals surface area contributed by atoms with Gasteiger partial charge in [-0.25, -0.2) is 22.4 Å². The van der Waals surface area contributed by atoms with Crippen LogP contribution in [-0.2, 0) is 17.1 Å². The highest BCUT2D eigenvalue weighted by atomic mass is 32.2.